The van der Waals surface area contributed by atoms with Gasteiger partial charge in [-0.15, -0.1) is 0 Å². The van der Waals surface area contributed by atoms with Gasteiger partial charge in [0.1, 0.15) is 24.0 Å². The Balaban J connectivity index is 2.07. The van der Waals surface area contributed by atoms with E-state index in [9.17, 15) is 19.8 Å². The van der Waals surface area contributed by atoms with E-state index in [0.29, 0.717) is 18.4 Å². The molecule has 1 heterocycles. The van der Waals surface area contributed by atoms with Gasteiger partial charge in [-0.2, -0.15) is 0 Å². The van der Waals surface area contributed by atoms with Crippen LogP contribution in [0.5, 0.6) is 5.75 Å². The predicted octanol–water partition coefficient (Wildman–Crippen LogP) is 5.43. The molecule has 0 fully saturated rings. The van der Waals surface area contributed by atoms with E-state index >= 15 is 0 Å². The fourth-order valence-corrected chi connectivity index (χ4v) is 3.77. The van der Waals surface area contributed by atoms with Crippen LogP contribution in [-0.4, -0.2) is 41.0 Å². The predicted molar refractivity (Wildman–Crippen MR) is 133 cm³/mol. The molecular formula is C28H38O6. The van der Waals surface area contributed by atoms with Crippen LogP contribution in [0.3, 0.4) is 0 Å². The van der Waals surface area contributed by atoms with Gasteiger partial charge < -0.3 is 19.7 Å². The third-order valence-electron chi connectivity index (χ3n) is 5.94. The molecule has 1 aliphatic heterocycles. The van der Waals surface area contributed by atoms with Gasteiger partial charge in [-0.25, -0.2) is 4.79 Å². The van der Waals surface area contributed by atoms with Crippen LogP contribution in [-0.2, 0) is 20.7 Å². The Kier molecular flexibility index (Phi) is 11.1. The minimum absolute atomic E-state index is 0.0667. The Hall–Kier alpha value is -2.86. The first kappa shape index (κ1) is 27.4. The Morgan fingerprint density at radius 2 is 1.97 bits per heavy atom. The number of phenols is 1. The quantitative estimate of drug-likeness (QED) is 0.408. The number of hydrogen-bond acceptors (Lipinski definition) is 6. The van der Waals surface area contributed by atoms with Gasteiger partial charge in [0.2, 0.25) is 0 Å². The summed E-state index contributed by atoms with van der Waals surface area (Å²) in [6.07, 6.45) is 9.18. The van der Waals surface area contributed by atoms with Crippen molar-refractivity contribution in [3.8, 4) is 5.75 Å². The van der Waals surface area contributed by atoms with Crippen LogP contribution in [0.25, 0.3) is 0 Å². The molecule has 186 valence electrons. The normalized spacial score (nSPS) is 22.4. The van der Waals surface area contributed by atoms with Crippen LogP contribution in [0.1, 0.15) is 75.7 Å². The molecule has 0 unspecified atom stereocenters. The molecule has 0 aliphatic carbocycles. The van der Waals surface area contributed by atoms with Crippen molar-refractivity contribution in [2.24, 2.45) is 5.92 Å². The first-order valence-corrected chi connectivity index (χ1v) is 12.0. The highest BCUT2D eigenvalue weighted by molar-refractivity contribution is 5.94. The maximum absolute atomic E-state index is 12.9. The average molecular weight is 471 g/mol. The van der Waals surface area contributed by atoms with E-state index in [1.807, 2.05) is 32.1 Å². The number of phenolic OH excluding ortho intramolecular Hbond substituents is 1. The first-order valence-electron chi connectivity index (χ1n) is 12.0. The zero-order valence-corrected chi connectivity index (χ0v) is 20.8. The molecule has 0 amide bonds. The lowest BCUT2D eigenvalue weighted by Gasteiger charge is -2.24. The topological polar surface area (TPSA) is 93.1 Å². The number of esters is 2. The molecule has 1 aromatic rings. The Labute approximate surface area is 203 Å². The molecule has 2 rings (SSSR count). The van der Waals surface area contributed by atoms with Crippen LogP contribution in [0.4, 0.5) is 0 Å². The van der Waals surface area contributed by atoms with E-state index in [1.165, 1.54) is 11.6 Å². The van der Waals surface area contributed by atoms with Crippen LogP contribution in [0, 0.1) is 5.92 Å². The van der Waals surface area contributed by atoms with E-state index in [0.717, 1.165) is 18.4 Å². The van der Waals surface area contributed by atoms with Gasteiger partial charge in [0.25, 0.3) is 0 Å². The number of carbonyl (C=O) groups excluding carboxylic acids is 2. The van der Waals surface area contributed by atoms with Crippen molar-refractivity contribution in [1.82, 2.24) is 0 Å². The summed E-state index contributed by atoms with van der Waals surface area (Å²) < 4.78 is 11.0. The number of fused-ring (bicyclic) bond motifs is 1. The fourth-order valence-electron chi connectivity index (χ4n) is 3.77. The number of benzene rings is 1. The van der Waals surface area contributed by atoms with E-state index in [2.05, 4.69) is 19.9 Å². The second-order valence-corrected chi connectivity index (χ2v) is 9.29. The highest BCUT2D eigenvalue weighted by atomic mass is 16.6. The lowest BCUT2D eigenvalue weighted by atomic mass is 9.94. The molecule has 1 aliphatic rings. The van der Waals surface area contributed by atoms with Gasteiger partial charge in [0, 0.05) is 6.42 Å². The SMILES string of the molecule is CC(C)=CCC/C(C)=C/COC(=O)C[C@H]1C[C@@H](O)[C@@H](C)C/C=C/Cc2cccc(O)c2C(=O)O1. The van der Waals surface area contributed by atoms with Crippen molar-refractivity contribution in [3.63, 3.8) is 0 Å². The summed E-state index contributed by atoms with van der Waals surface area (Å²) in [6.45, 7) is 8.18. The second kappa shape index (κ2) is 13.8. The van der Waals surface area contributed by atoms with E-state index in [4.69, 9.17) is 9.47 Å². The molecule has 1 aromatic carbocycles. The van der Waals surface area contributed by atoms with Gasteiger partial charge in [-0.3, -0.25) is 4.79 Å². The summed E-state index contributed by atoms with van der Waals surface area (Å²) in [7, 11) is 0. The number of hydrogen-bond donors (Lipinski definition) is 2. The Bertz CT molecular complexity index is 923. The summed E-state index contributed by atoms with van der Waals surface area (Å²) in [6, 6.07) is 4.87. The minimum Gasteiger partial charge on any atom is -0.507 e. The average Bonchev–Trinajstić information content (AvgIpc) is 2.75. The zero-order valence-electron chi connectivity index (χ0n) is 20.8. The highest BCUT2D eigenvalue weighted by Crippen LogP contribution is 2.26. The first-order chi connectivity index (χ1) is 16.2. The Morgan fingerprint density at radius 3 is 2.71 bits per heavy atom. The van der Waals surface area contributed by atoms with Crippen molar-refractivity contribution in [2.45, 2.75) is 78.4 Å². The summed E-state index contributed by atoms with van der Waals surface area (Å²) >= 11 is 0. The molecule has 0 radical (unpaired) electrons. The zero-order chi connectivity index (χ0) is 25.1. The number of aromatic hydroxyl groups is 1. The summed E-state index contributed by atoms with van der Waals surface area (Å²) in [5.41, 5.74) is 3.13. The summed E-state index contributed by atoms with van der Waals surface area (Å²) in [4.78, 5) is 25.4. The van der Waals surface area contributed by atoms with Gasteiger partial charge in [0.15, 0.2) is 0 Å². The molecule has 6 heteroatoms. The van der Waals surface area contributed by atoms with Crippen molar-refractivity contribution >= 4 is 11.9 Å². The molecule has 6 nitrogen and oxygen atoms in total. The number of aliphatic hydroxyl groups excluding tert-OH is 1. The summed E-state index contributed by atoms with van der Waals surface area (Å²) in [5, 5.41) is 20.9. The molecule has 0 saturated carbocycles. The van der Waals surface area contributed by atoms with Crippen molar-refractivity contribution < 1.29 is 29.3 Å². The Morgan fingerprint density at radius 1 is 1.21 bits per heavy atom. The number of ether oxygens (including phenoxy) is 2. The molecule has 0 spiro atoms. The van der Waals surface area contributed by atoms with Gasteiger partial charge >= 0.3 is 11.9 Å². The maximum atomic E-state index is 12.9. The third kappa shape index (κ3) is 9.18. The molecule has 34 heavy (non-hydrogen) atoms. The lowest BCUT2D eigenvalue weighted by Crippen LogP contribution is -2.30. The van der Waals surface area contributed by atoms with E-state index < -0.39 is 24.1 Å². The summed E-state index contributed by atoms with van der Waals surface area (Å²) in [5.74, 6) is -1.45. The molecular weight excluding hydrogens is 432 g/mol. The molecule has 2 N–H and O–H groups in total. The monoisotopic (exact) mass is 470 g/mol. The highest BCUT2D eigenvalue weighted by Gasteiger charge is 2.28. The molecule has 0 bridgehead atoms. The van der Waals surface area contributed by atoms with Crippen molar-refractivity contribution in [3.05, 3.63) is 64.8 Å². The largest absolute Gasteiger partial charge is 0.507 e. The fraction of sp³-hybridized carbons (Fsp3) is 0.500. The van der Waals surface area contributed by atoms with Crippen LogP contribution < -0.4 is 0 Å². The molecule has 0 aromatic heterocycles. The van der Waals surface area contributed by atoms with Crippen LogP contribution in [0.2, 0.25) is 0 Å². The smallest absolute Gasteiger partial charge is 0.342 e. The molecule has 0 saturated heterocycles. The van der Waals surface area contributed by atoms with Crippen LogP contribution in [0.15, 0.2) is 53.6 Å². The van der Waals surface area contributed by atoms with Gasteiger partial charge in [0.05, 0.1) is 12.5 Å². The maximum Gasteiger partial charge on any atom is 0.342 e. The van der Waals surface area contributed by atoms with Gasteiger partial charge in [-0.1, -0.05) is 48.4 Å². The van der Waals surface area contributed by atoms with E-state index in [-0.39, 0.29) is 36.7 Å². The number of cyclic esters (lactones) is 1. The molecule has 3 atom stereocenters. The number of carbonyl (C=O) groups is 2. The van der Waals surface area contributed by atoms with Gasteiger partial charge in [-0.05, 0) is 70.1 Å². The van der Waals surface area contributed by atoms with Crippen molar-refractivity contribution in [2.75, 3.05) is 6.61 Å². The van der Waals surface area contributed by atoms with Crippen LogP contribution >= 0.6 is 0 Å². The number of rotatable bonds is 7. The number of allylic oxidation sites excluding steroid dienone is 5. The third-order valence-corrected chi connectivity index (χ3v) is 5.94. The number of aliphatic hydroxyl groups is 1. The standard InChI is InChI=1S/C28H38O6/c1-19(2)9-7-10-20(3)15-16-33-26(31)18-23-17-25(30)21(4)11-5-6-12-22-13-8-14-24(29)27(22)28(32)34-23/h5-6,8-9,13-15,21,23,25,29-30H,7,10-12,16-18H2,1-4H3/b6-5+,20-15+/t21-,23+,25+/m0/s1. The second-order valence-electron chi connectivity index (χ2n) is 9.29. The van der Waals surface area contributed by atoms with E-state index in [1.54, 1.807) is 12.1 Å². The van der Waals surface area contributed by atoms with Crippen molar-refractivity contribution in [1.29, 1.82) is 0 Å². The minimum atomic E-state index is -0.865. The lowest BCUT2D eigenvalue weighted by molar-refractivity contribution is -0.145.